The molecule has 2 aromatic rings. The molecule has 0 unspecified atom stereocenters. The van der Waals surface area contributed by atoms with Gasteiger partial charge in [-0.25, -0.2) is 4.79 Å². The third kappa shape index (κ3) is 4.61. The molecule has 28 heavy (non-hydrogen) atoms. The van der Waals surface area contributed by atoms with E-state index in [9.17, 15) is 9.59 Å². The first-order valence-corrected chi connectivity index (χ1v) is 9.96. The molecule has 1 N–H and O–H groups in total. The number of amides is 1. The van der Waals surface area contributed by atoms with Crippen LogP contribution in [0.3, 0.4) is 0 Å². The van der Waals surface area contributed by atoms with Crippen molar-refractivity contribution in [1.82, 2.24) is 15.1 Å². The number of esters is 1. The molecule has 0 spiro atoms. The minimum atomic E-state index is -0.827. The van der Waals surface area contributed by atoms with Crippen molar-refractivity contribution in [2.24, 2.45) is 0 Å². The third-order valence-corrected chi connectivity index (χ3v) is 5.39. The van der Waals surface area contributed by atoms with Crippen LogP contribution < -0.4 is 5.32 Å². The number of carbonyl (C=O) groups is 2. The van der Waals surface area contributed by atoms with Crippen LogP contribution in [0.1, 0.15) is 65.5 Å². The molecule has 1 atom stereocenters. The summed E-state index contributed by atoms with van der Waals surface area (Å²) in [4.78, 5) is 25.0. The summed E-state index contributed by atoms with van der Waals surface area (Å²) < 4.78 is 7.25. The summed E-state index contributed by atoms with van der Waals surface area (Å²) in [5.41, 5.74) is 4.10. The van der Waals surface area contributed by atoms with Gasteiger partial charge in [0.1, 0.15) is 5.56 Å². The Morgan fingerprint density at radius 1 is 1.18 bits per heavy atom. The maximum Gasteiger partial charge on any atom is 0.342 e. The Balaban J connectivity index is 1.66. The lowest BCUT2D eigenvalue weighted by Gasteiger charge is -2.17. The number of aryl methyl sites for hydroxylation is 2. The van der Waals surface area contributed by atoms with Gasteiger partial charge < -0.3 is 10.1 Å². The van der Waals surface area contributed by atoms with Crippen LogP contribution in [0.4, 0.5) is 0 Å². The fourth-order valence-corrected chi connectivity index (χ4v) is 3.67. The zero-order chi connectivity index (χ0) is 20.3. The molecule has 6 heteroatoms. The molecular weight excluding hydrogens is 354 g/mol. The number of nitrogens with zero attached hydrogens (tertiary/aromatic N) is 2. The molecule has 1 aromatic carbocycles. The van der Waals surface area contributed by atoms with E-state index in [0.29, 0.717) is 17.8 Å². The standard InChI is InChI=1S/C22H29N3O3/c1-14-9-11-18(12-10-14)13-25-16(3)20(15(2)24-25)22(27)28-17(4)21(26)23-19-7-5-6-8-19/h9-12,17,19H,5-8,13H2,1-4H3,(H,23,26)/t17-/m1/s1. The van der Waals surface area contributed by atoms with Gasteiger partial charge in [-0.3, -0.25) is 9.48 Å². The Bertz CT molecular complexity index is 849. The Morgan fingerprint density at radius 3 is 2.46 bits per heavy atom. The van der Waals surface area contributed by atoms with Crippen molar-refractivity contribution < 1.29 is 14.3 Å². The highest BCUT2D eigenvalue weighted by Crippen LogP contribution is 2.19. The normalized spacial score (nSPS) is 15.4. The summed E-state index contributed by atoms with van der Waals surface area (Å²) >= 11 is 0. The van der Waals surface area contributed by atoms with Crippen LogP contribution in [0.2, 0.25) is 0 Å². The Morgan fingerprint density at radius 2 is 1.82 bits per heavy atom. The Hall–Kier alpha value is -2.63. The van der Waals surface area contributed by atoms with Gasteiger partial charge in [-0.15, -0.1) is 0 Å². The van der Waals surface area contributed by atoms with Crippen molar-refractivity contribution in [3.8, 4) is 0 Å². The lowest BCUT2D eigenvalue weighted by Crippen LogP contribution is -2.40. The number of nitrogens with one attached hydrogen (secondary N) is 1. The first-order chi connectivity index (χ1) is 13.3. The summed E-state index contributed by atoms with van der Waals surface area (Å²) in [6.45, 7) is 7.89. The number of carbonyl (C=O) groups excluding carboxylic acids is 2. The molecule has 1 fully saturated rings. The van der Waals surface area contributed by atoms with Crippen molar-refractivity contribution in [1.29, 1.82) is 0 Å². The number of hydrogen-bond acceptors (Lipinski definition) is 4. The second-order valence-electron chi connectivity index (χ2n) is 7.73. The van der Waals surface area contributed by atoms with E-state index in [-0.39, 0.29) is 11.9 Å². The van der Waals surface area contributed by atoms with Crippen LogP contribution in [-0.2, 0) is 16.1 Å². The first kappa shape index (κ1) is 20.1. The van der Waals surface area contributed by atoms with Crippen LogP contribution >= 0.6 is 0 Å². The molecule has 1 amide bonds. The monoisotopic (exact) mass is 383 g/mol. The average Bonchev–Trinajstić information content (AvgIpc) is 3.25. The maximum absolute atomic E-state index is 12.7. The summed E-state index contributed by atoms with van der Waals surface area (Å²) in [6.07, 6.45) is 3.44. The lowest BCUT2D eigenvalue weighted by atomic mass is 10.1. The smallest absolute Gasteiger partial charge is 0.342 e. The second-order valence-corrected chi connectivity index (χ2v) is 7.73. The number of rotatable bonds is 6. The number of benzene rings is 1. The molecule has 1 aliphatic carbocycles. The highest BCUT2D eigenvalue weighted by molar-refractivity contribution is 5.94. The topological polar surface area (TPSA) is 73.2 Å². The van der Waals surface area contributed by atoms with Crippen molar-refractivity contribution >= 4 is 11.9 Å². The van der Waals surface area contributed by atoms with E-state index in [2.05, 4.69) is 34.7 Å². The van der Waals surface area contributed by atoms with E-state index in [1.165, 1.54) is 5.56 Å². The van der Waals surface area contributed by atoms with E-state index < -0.39 is 12.1 Å². The minimum Gasteiger partial charge on any atom is -0.449 e. The van der Waals surface area contributed by atoms with Gasteiger partial charge in [0.25, 0.3) is 5.91 Å². The van der Waals surface area contributed by atoms with E-state index in [1.54, 1.807) is 18.5 Å². The van der Waals surface area contributed by atoms with Crippen LogP contribution in [0.5, 0.6) is 0 Å². The fourth-order valence-electron chi connectivity index (χ4n) is 3.67. The summed E-state index contributed by atoms with van der Waals surface area (Å²) in [6, 6.07) is 8.43. The van der Waals surface area contributed by atoms with Gasteiger partial charge in [-0.05, 0) is 46.1 Å². The molecule has 0 radical (unpaired) electrons. The van der Waals surface area contributed by atoms with Gasteiger partial charge >= 0.3 is 5.97 Å². The zero-order valence-electron chi connectivity index (χ0n) is 17.1. The van der Waals surface area contributed by atoms with Crippen LogP contribution in [0.25, 0.3) is 0 Å². The number of ether oxygens (including phenoxy) is 1. The predicted octanol–water partition coefficient (Wildman–Crippen LogP) is 3.46. The molecule has 3 rings (SSSR count). The summed E-state index contributed by atoms with van der Waals surface area (Å²) in [5, 5.41) is 7.47. The second kappa shape index (κ2) is 8.59. The van der Waals surface area contributed by atoms with E-state index in [1.807, 2.05) is 13.8 Å². The molecule has 0 aliphatic heterocycles. The van der Waals surface area contributed by atoms with Crippen LogP contribution in [-0.4, -0.2) is 33.8 Å². The quantitative estimate of drug-likeness (QED) is 0.776. The molecule has 150 valence electrons. The molecule has 1 aliphatic rings. The molecule has 1 heterocycles. The van der Waals surface area contributed by atoms with E-state index in [4.69, 9.17) is 4.74 Å². The summed E-state index contributed by atoms with van der Waals surface area (Å²) in [5.74, 6) is -0.734. The zero-order valence-corrected chi connectivity index (χ0v) is 17.1. The number of hydrogen-bond donors (Lipinski definition) is 1. The van der Waals surface area contributed by atoms with Crippen molar-refractivity contribution in [3.63, 3.8) is 0 Å². The minimum absolute atomic E-state index is 0.203. The lowest BCUT2D eigenvalue weighted by molar-refractivity contribution is -0.129. The molecule has 1 aromatic heterocycles. The Labute approximate surface area is 166 Å². The predicted molar refractivity (Wildman–Crippen MR) is 107 cm³/mol. The fraction of sp³-hybridized carbons (Fsp3) is 0.500. The van der Waals surface area contributed by atoms with Gasteiger partial charge in [-0.1, -0.05) is 42.7 Å². The molecular formula is C22H29N3O3. The third-order valence-electron chi connectivity index (χ3n) is 5.39. The molecule has 0 saturated heterocycles. The van der Waals surface area contributed by atoms with Gasteiger partial charge in [0.2, 0.25) is 0 Å². The van der Waals surface area contributed by atoms with Crippen LogP contribution in [0, 0.1) is 20.8 Å². The largest absolute Gasteiger partial charge is 0.449 e. The Kier molecular flexibility index (Phi) is 6.17. The highest BCUT2D eigenvalue weighted by Gasteiger charge is 2.26. The molecule has 0 bridgehead atoms. The van der Waals surface area contributed by atoms with Gasteiger partial charge in [0, 0.05) is 6.04 Å². The molecule has 1 saturated carbocycles. The average molecular weight is 383 g/mol. The van der Waals surface area contributed by atoms with Gasteiger partial charge in [0.15, 0.2) is 6.10 Å². The van der Waals surface area contributed by atoms with E-state index >= 15 is 0 Å². The SMILES string of the molecule is Cc1ccc(Cn2nc(C)c(C(=O)O[C@H](C)C(=O)NC3CCCC3)c2C)cc1. The van der Waals surface area contributed by atoms with Gasteiger partial charge in [-0.2, -0.15) is 5.10 Å². The van der Waals surface area contributed by atoms with Crippen LogP contribution in [0.15, 0.2) is 24.3 Å². The molecule has 6 nitrogen and oxygen atoms in total. The highest BCUT2D eigenvalue weighted by atomic mass is 16.5. The first-order valence-electron chi connectivity index (χ1n) is 9.96. The van der Waals surface area contributed by atoms with Crippen molar-refractivity contribution in [2.45, 2.75) is 72.1 Å². The maximum atomic E-state index is 12.7. The van der Waals surface area contributed by atoms with Crippen molar-refractivity contribution in [2.75, 3.05) is 0 Å². The van der Waals surface area contributed by atoms with E-state index in [0.717, 1.165) is 36.9 Å². The number of aromatic nitrogens is 2. The van der Waals surface area contributed by atoms with Crippen molar-refractivity contribution in [3.05, 3.63) is 52.3 Å². The van der Waals surface area contributed by atoms with Gasteiger partial charge in [0.05, 0.1) is 17.9 Å². The summed E-state index contributed by atoms with van der Waals surface area (Å²) in [7, 11) is 0.